The van der Waals surface area contributed by atoms with Crippen molar-refractivity contribution >= 4 is 5.97 Å². The Morgan fingerprint density at radius 3 is 1.62 bits per heavy atom. The van der Waals surface area contributed by atoms with Crippen LogP contribution in [0.25, 0.3) is 0 Å². The summed E-state index contributed by atoms with van der Waals surface area (Å²) < 4.78 is 33.8. The minimum absolute atomic E-state index is 0.0664. The molecular weight excluding hydrogens is 656 g/mol. The average molecular weight is 725 g/mol. The quantitative estimate of drug-likeness (QED) is 0.0456. The molecule has 7 N–H and O–H groups in total. The minimum atomic E-state index is -1.70. The summed E-state index contributed by atoms with van der Waals surface area (Å²) in [6.07, 6.45) is 2.15. The molecule has 0 bridgehead atoms. The normalized spacial score (nSPS) is 30.7. The van der Waals surface area contributed by atoms with Gasteiger partial charge in [0.1, 0.15) is 54.9 Å². The van der Waals surface area contributed by atoms with Crippen LogP contribution in [-0.4, -0.2) is 142 Å². The lowest BCUT2D eigenvalue weighted by atomic mass is 9.98. The van der Waals surface area contributed by atoms with Crippen molar-refractivity contribution in [1.29, 1.82) is 0 Å². The van der Waals surface area contributed by atoms with Crippen LogP contribution in [0.4, 0.5) is 0 Å². The van der Waals surface area contributed by atoms with Gasteiger partial charge in [-0.25, -0.2) is 0 Å². The van der Waals surface area contributed by atoms with E-state index in [4.69, 9.17) is 28.4 Å². The molecule has 0 aromatic carbocycles. The first-order valence-electron chi connectivity index (χ1n) is 19.1. The maximum absolute atomic E-state index is 12.7. The Morgan fingerprint density at radius 2 is 1.06 bits per heavy atom. The highest BCUT2D eigenvalue weighted by Gasteiger charge is 2.47. The Balaban J connectivity index is 1.88. The number of ether oxygens (including phenoxy) is 6. The van der Waals surface area contributed by atoms with Crippen molar-refractivity contribution < 1.29 is 69.0 Å². The summed E-state index contributed by atoms with van der Waals surface area (Å²) in [7, 11) is 0. The summed E-state index contributed by atoms with van der Waals surface area (Å²) in [5.74, 6) is -0.382. The molecule has 50 heavy (non-hydrogen) atoms. The molecule has 0 saturated carbocycles. The van der Waals surface area contributed by atoms with Gasteiger partial charge in [0.15, 0.2) is 12.6 Å². The van der Waals surface area contributed by atoms with E-state index in [1.54, 1.807) is 0 Å². The topological polar surface area (TPSA) is 214 Å². The van der Waals surface area contributed by atoms with Gasteiger partial charge in [-0.1, -0.05) is 104 Å². The first-order valence-corrected chi connectivity index (χ1v) is 19.1. The standard InChI is InChI=1S/C36H68O14/c1-3-5-7-9-11-12-13-15-17-19-28(38)48-25(22-45-20-18-16-14-10-8-6-4-2)23-46-35-34(44)32(42)30(40)27(50-35)24-47-36-33(43)31(41)29(39)26(21-37)49-36/h25-27,29-37,39-44H,3-24H2,1-2H3. The number of carbonyl (C=O) groups is 1. The third kappa shape index (κ3) is 16.8. The van der Waals surface area contributed by atoms with Crippen molar-refractivity contribution in [2.45, 2.75) is 191 Å². The molecule has 11 unspecified atom stereocenters. The Kier molecular flexibility index (Phi) is 24.1. The molecular formula is C36H68O14. The van der Waals surface area contributed by atoms with Crippen LogP contribution in [0.1, 0.15) is 123 Å². The highest BCUT2D eigenvalue weighted by Crippen LogP contribution is 2.26. The van der Waals surface area contributed by atoms with Crippen molar-refractivity contribution in [3.8, 4) is 0 Å². The number of rotatable bonds is 28. The highest BCUT2D eigenvalue weighted by atomic mass is 16.7. The summed E-state index contributed by atoms with van der Waals surface area (Å²) in [6, 6.07) is 0. The maximum atomic E-state index is 12.7. The van der Waals surface area contributed by atoms with Gasteiger partial charge in [0, 0.05) is 13.0 Å². The average Bonchev–Trinajstić information content (AvgIpc) is 3.11. The fourth-order valence-electron chi connectivity index (χ4n) is 6.11. The largest absolute Gasteiger partial charge is 0.457 e. The van der Waals surface area contributed by atoms with Gasteiger partial charge in [-0.05, 0) is 12.8 Å². The summed E-state index contributed by atoms with van der Waals surface area (Å²) in [4.78, 5) is 12.7. The zero-order valence-corrected chi connectivity index (χ0v) is 30.4. The van der Waals surface area contributed by atoms with Gasteiger partial charge < -0.3 is 64.2 Å². The van der Waals surface area contributed by atoms with Crippen LogP contribution >= 0.6 is 0 Å². The highest BCUT2D eigenvalue weighted by molar-refractivity contribution is 5.69. The number of unbranched alkanes of at least 4 members (excludes halogenated alkanes) is 14. The molecule has 2 saturated heterocycles. The van der Waals surface area contributed by atoms with Crippen molar-refractivity contribution in [2.24, 2.45) is 0 Å². The number of aliphatic hydroxyl groups excluding tert-OH is 7. The molecule has 2 heterocycles. The van der Waals surface area contributed by atoms with E-state index in [1.807, 2.05) is 0 Å². The van der Waals surface area contributed by atoms with Crippen LogP contribution in [0.3, 0.4) is 0 Å². The van der Waals surface area contributed by atoms with Gasteiger partial charge in [0.2, 0.25) is 0 Å². The van der Waals surface area contributed by atoms with E-state index in [9.17, 15) is 40.5 Å². The fraction of sp³-hybridized carbons (Fsp3) is 0.972. The SMILES string of the molecule is CCCCCCCCCCCC(=O)OC(COCCCCCCCCC)COC1OC(COC2OC(CO)C(O)C(O)C2O)C(O)C(O)C1O. The van der Waals surface area contributed by atoms with Crippen LogP contribution in [0, 0.1) is 0 Å². The van der Waals surface area contributed by atoms with E-state index < -0.39 is 80.7 Å². The van der Waals surface area contributed by atoms with Gasteiger partial charge in [-0.15, -0.1) is 0 Å². The first kappa shape index (κ1) is 45.1. The molecule has 14 nitrogen and oxygen atoms in total. The summed E-state index contributed by atoms with van der Waals surface area (Å²) in [6.45, 7) is 3.60. The molecule has 0 spiro atoms. The summed E-state index contributed by atoms with van der Waals surface area (Å²) >= 11 is 0. The van der Waals surface area contributed by atoms with Gasteiger partial charge in [-0.3, -0.25) is 4.79 Å². The number of esters is 1. The predicted molar refractivity (Wildman–Crippen MR) is 183 cm³/mol. The number of hydrogen-bond acceptors (Lipinski definition) is 14. The van der Waals surface area contributed by atoms with Crippen molar-refractivity contribution in [3.05, 3.63) is 0 Å². The molecule has 14 heteroatoms. The van der Waals surface area contributed by atoms with E-state index in [1.165, 1.54) is 57.8 Å². The molecule has 2 fully saturated rings. The van der Waals surface area contributed by atoms with Crippen molar-refractivity contribution in [1.82, 2.24) is 0 Å². The monoisotopic (exact) mass is 724 g/mol. The van der Waals surface area contributed by atoms with Gasteiger partial charge in [0.05, 0.1) is 26.4 Å². The van der Waals surface area contributed by atoms with Crippen LogP contribution in [0.5, 0.6) is 0 Å². The number of carbonyl (C=O) groups excluding carboxylic acids is 1. The molecule has 0 aromatic heterocycles. The van der Waals surface area contributed by atoms with Crippen LogP contribution in [-0.2, 0) is 33.2 Å². The Labute approximate surface area is 298 Å². The molecule has 2 aliphatic heterocycles. The second-order valence-electron chi connectivity index (χ2n) is 13.8. The maximum Gasteiger partial charge on any atom is 0.306 e. The number of hydrogen-bond donors (Lipinski definition) is 7. The molecule has 296 valence electrons. The van der Waals surface area contributed by atoms with E-state index >= 15 is 0 Å². The second-order valence-corrected chi connectivity index (χ2v) is 13.8. The van der Waals surface area contributed by atoms with Crippen LogP contribution in [0.15, 0.2) is 0 Å². The fourth-order valence-corrected chi connectivity index (χ4v) is 6.11. The predicted octanol–water partition coefficient (Wildman–Crippen LogP) is 2.23. The number of aliphatic hydroxyl groups is 7. The molecule has 11 atom stereocenters. The zero-order chi connectivity index (χ0) is 36.7. The third-order valence-corrected chi connectivity index (χ3v) is 9.37. The van der Waals surface area contributed by atoms with E-state index in [0.717, 1.165) is 38.5 Å². The van der Waals surface area contributed by atoms with Gasteiger partial charge in [0.25, 0.3) is 0 Å². The smallest absolute Gasteiger partial charge is 0.306 e. The van der Waals surface area contributed by atoms with E-state index in [-0.39, 0.29) is 25.6 Å². The van der Waals surface area contributed by atoms with Gasteiger partial charge in [-0.2, -0.15) is 0 Å². The van der Waals surface area contributed by atoms with Crippen molar-refractivity contribution in [3.63, 3.8) is 0 Å². The minimum Gasteiger partial charge on any atom is -0.457 e. The van der Waals surface area contributed by atoms with E-state index in [0.29, 0.717) is 13.0 Å². The van der Waals surface area contributed by atoms with Crippen molar-refractivity contribution in [2.75, 3.05) is 33.0 Å². The molecule has 0 amide bonds. The lowest BCUT2D eigenvalue weighted by Crippen LogP contribution is -2.61. The first-order chi connectivity index (χ1) is 24.1. The molecule has 2 rings (SSSR count). The summed E-state index contributed by atoms with van der Waals surface area (Å²) in [5, 5.41) is 71.4. The Morgan fingerprint density at radius 1 is 0.580 bits per heavy atom. The van der Waals surface area contributed by atoms with Gasteiger partial charge >= 0.3 is 5.97 Å². The lowest BCUT2D eigenvalue weighted by Gasteiger charge is -2.42. The summed E-state index contributed by atoms with van der Waals surface area (Å²) in [5.41, 5.74) is 0. The second kappa shape index (κ2) is 26.7. The third-order valence-electron chi connectivity index (χ3n) is 9.37. The molecule has 2 aliphatic rings. The molecule has 0 aliphatic carbocycles. The Hall–Kier alpha value is -1.01. The lowest BCUT2D eigenvalue weighted by molar-refractivity contribution is -0.332. The zero-order valence-electron chi connectivity index (χ0n) is 30.4. The van der Waals surface area contributed by atoms with Crippen LogP contribution < -0.4 is 0 Å². The van der Waals surface area contributed by atoms with Crippen LogP contribution in [0.2, 0.25) is 0 Å². The van der Waals surface area contributed by atoms with E-state index in [2.05, 4.69) is 13.8 Å². The molecule has 0 radical (unpaired) electrons. The molecule has 0 aromatic rings. The Bertz CT molecular complexity index is 850.